The number of nitrogens with zero attached hydrogens (tertiary/aromatic N) is 1. The molecule has 2 aromatic rings. The van der Waals surface area contributed by atoms with Crippen LogP contribution < -0.4 is 10.2 Å². The molecule has 0 radical (unpaired) electrons. The SMILES string of the molecule is CC(C)[C@@H](NC(=O)c1ccc(N2CCCCC2=O)cc1)c1ccccc1. The van der Waals surface area contributed by atoms with Gasteiger partial charge in [-0.3, -0.25) is 9.59 Å². The van der Waals surface area contributed by atoms with Crippen molar-refractivity contribution in [3.05, 3.63) is 65.7 Å². The highest BCUT2D eigenvalue weighted by Gasteiger charge is 2.21. The predicted octanol–water partition coefficient (Wildman–Crippen LogP) is 4.33. The van der Waals surface area contributed by atoms with Crippen molar-refractivity contribution in [1.82, 2.24) is 5.32 Å². The van der Waals surface area contributed by atoms with Gasteiger partial charge in [0.15, 0.2) is 0 Å². The molecule has 0 aromatic heterocycles. The van der Waals surface area contributed by atoms with Crippen molar-refractivity contribution in [2.45, 2.75) is 39.2 Å². The van der Waals surface area contributed by atoms with Gasteiger partial charge in [0.05, 0.1) is 6.04 Å². The molecule has 1 atom stereocenters. The topological polar surface area (TPSA) is 49.4 Å². The summed E-state index contributed by atoms with van der Waals surface area (Å²) in [7, 11) is 0. The van der Waals surface area contributed by atoms with Crippen LogP contribution >= 0.6 is 0 Å². The van der Waals surface area contributed by atoms with Gasteiger partial charge in [-0.15, -0.1) is 0 Å². The molecule has 0 saturated carbocycles. The highest BCUT2D eigenvalue weighted by atomic mass is 16.2. The maximum absolute atomic E-state index is 12.7. The monoisotopic (exact) mass is 350 g/mol. The van der Waals surface area contributed by atoms with Gasteiger partial charge >= 0.3 is 0 Å². The summed E-state index contributed by atoms with van der Waals surface area (Å²) in [6.45, 7) is 4.96. The number of anilines is 1. The molecule has 1 aliphatic rings. The van der Waals surface area contributed by atoms with Gasteiger partial charge in [-0.1, -0.05) is 44.2 Å². The second-order valence-corrected chi connectivity index (χ2v) is 7.16. The molecule has 26 heavy (non-hydrogen) atoms. The van der Waals surface area contributed by atoms with Gasteiger partial charge in [0.2, 0.25) is 5.91 Å². The van der Waals surface area contributed by atoms with E-state index in [0.29, 0.717) is 12.0 Å². The van der Waals surface area contributed by atoms with Crippen LogP contribution in [0.5, 0.6) is 0 Å². The fraction of sp³-hybridized carbons (Fsp3) is 0.364. The molecule has 4 nitrogen and oxygen atoms in total. The summed E-state index contributed by atoms with van der Waals surface area (Å²) < 4.78 is 0. The average Bonchev–Trinajstić information content (AvgIpc) is 2.67. The first-order chi connectivity index (χ1) is 12.6. The number of nitrogens with one attached hydrogen (secondary N) is 1. The lowest BCUT2D eigenvalue weighted by atomic mass is 9.95. The van der Waals surface area contributed by atoms with E-state index in [9.17, 15) is 9.59 Å². The molecule has 1 N–H and O–H groups in total. The molecule has 4 heteroatoms. The summed E-state index contributed by atoms with van der Waals surface area (Å²) in [6.07, 6.45) is 2.60. The Morgan fingerprint density at radius 2 is 1.69 bits per heavy atom. The van der Waals surface area contributed by atoms with E-state index in [4.69, 9.17) is 0 Å². The van der Waals surface area contributed by atoms with Crippen molar-refractivity contribution >= 4 is 17.5 Å². The molecule has 1 saturated heterocycles. The Balaban J connectivity index is 1.72. The van der Waals surface area contributed by atoms with Crippen LogP contribution in [-0.2, 0) is 4.79 Å². The first-order valence-corrected chi connectivity index (χ1v) is 9.32. The lowest BCUT2D eigenvalue weighted by molar-refractivity contribution is -0.119. The van der Waals surface area contributed by atoms with Crippen molar-refractivity contribution < 1.29 is 9.59 Å². The van der Waals surface area contributed by atoms with Crippen molar-refractivity contribution in [3.63, 3.8) is 0 Å². The summed E-state index contributed by atoms with van der Waals surface area (Å²) in [6, 6.07) is 17.3. The van der Waals surface area contributed by atoms with Crippen LogP contribution in [0.4, 0.5) is 5.69 Å². The number of carbonyl (C=O) groups excluding carboxylic acids is 2. The summed E-state index contributed by atoms with van der Waals surface area (Å²) in [5.41, 5.74) is 2.58. The molecular weight excluding hydrogens is 324 g/mol. The predicted molar refractivity (Wildman–Crippen MR) is 104 cm³/mol. The summed E-state index contributed by atoms with van der Waals surface area (Å²) >= 11 is 0. The van der Waals surface area contributed by atoms with Gasteiger partial charge in [-0.05, 0) is 48.6 Å². The van der Waals surface area contributed by atoms with E-state index < -0.39 is 0 Å². The van der Waals surface area contributed by atoms with Gasteiger partial charge in [-0.25, -0.2) is 0 Å². The Kier molecular flexibility index (Phi) is 5.71. The Bertz CT molecular complexity index is 753. The summed E-state index contributed by atoms with van der Waals surface area (Å²) in [5, 5.41) is 3.14. The number of amides is 2. The number of hydrogen-bond donors (Lipinski definition) is 1. The van der Waals surface area contributed by atoms with Gasteiger partial charge in [0, 0.05) is 24.2 Å². The largest absolute Gasteiger partial charge is 0.345 e. The molecule has 0 unspecified atom stereocenters. The third-order valence-corrected chi connectivity index (χ3v) is 4.88. The van der Waals surface area contributed by atoms with Crippen molar-refractivity contribution in [2.75, 3.05) is 11.4 Å². The first-order valence-electron chi connectivity index (χ1n) is 9.32. The zero-order valence-corrected chi connectivity index (χ0v) is 15.4. The molecule has 3 rings (SSSR count). The Labute approximate surface area is 155 Å². The van der Waals surface area contributed by atoms with Gasteiger partial charge < -0.3 is 10.2 Å². The van der Waals surface area contributed by atoms with E-state index in [0.717, 1.165) is 30.6 Å². The Hall–Kier alpha value is -2.62. The molecule has 1 aliphatic heterocycles. The molecule has 0 aliphatic carbocycles. The average molecular weight is 350 g/mol. The van der Waals surface area contributed by atoms with Crippen LogP contribution in [0.25, 0.3) is 0 Å². The van der Waals surface area contributed by atoms with E-state index in [2.05, 4.69) is 19.2 Å². The molecular formula is C22H26N2O2. The van der Waals surface area contributed by atoms with Gasteiger partial charge in [0.25, 0.3) is 5.91 Å². The second-order valence-electron chi connectivity index (χ2n) is 7.16. The zero-order valence-electron chi connectivity index (χ0n) is 15.4. The van der Waals surface area contributed by atoms with E-state index in [-0.39, 0.29) is 23.8 Å². The maximum atomic E-state index is 12.7. The van der Waals surface area contributed by atoms with Gasteiger partial charge in [0.1, 0.15) is 0 Å². The summed E-state index contributed by atoms with van der Waals surface area (Å²) in [4.78, 5) is 26.5. The molecule has 2 aromatic carbocycles. The minimum atomic E-state index is -0.0935. The normalized spacial score (nSPS) is 15.8. The minimum Gasteiger partial charge on any atom is -0.345 e. The quantitative estimate of drug-likeness (QED) is 0.872. The fourth-order valence-corrected chi connectivity index (χ4v) is 3.39. The van der Waals surface area contributed by atoms with Crippen LogP contribution in [0.1, 0.15) is 55.1 Å². The van der Waals surface area contributed by atoms with Crippen molar-refractivity contribution in [3.8, 4) is 0 Å². The Morgan fingerprint density at radius 1 is 1.00 bits per heavy atom. The number of carbonyl (C=O) groups is 2. The van der Waals surface area contributed by atoms with Crippen LogP contribution in [-0.4, -0.2) is 18.4 Å². The number of piperidine rings is 1. The van der Waals surface area contributed by atoms with Crippen molar-refractivity contribution in [1.29, 1.82) is 0 Å². The summed E-state index contributed by atoms with van der Waals surface area (Å²) in [5.74, 6) is 0.355. The van der Waals surface area contributed by atoms with E-state index >= 15 is 0 Å². The number of rotatable bonds is 5. The minimum absolute atomic E-state index is 0.0351. The smallest absolute Gasteiger partial charge is 0.251 e. The van der Waals surface area contributed by atoms with Crippen LogP contribution in [0.2, 0.25) is 0 Å². The Morgan fingerprint density at radius 3 is 2.31 bits per heavy atom. The number of benzene rings is 2. The molecule has 1 fully saturated rings. The van der Waals surface area contributed by atoms with Gasteiger partial charge in [-0.2, -0.15) is 0 Å². The highest BCUT2D eigenvalue weighted by molar-refractivity contribution is 5.97. The zero-order chi connectivity index (χ0) is 18.5. The van der Waals surface area contributed by atoms with Crippen LogP contribution in [0, 0.1) is 5.92 Å². The maximum Gasteiger partial charge on any atom is 0.251 e. The van der Waals surface area contributed by atoms with Crippen molar-refractivity contribution in [2.24, 2.45) is 5.92 Å². The van der Waals surface area contributed by atoms with Crippen LogP contribution in [0.15, 0.2) is 54.6 Å². The third kappa shape index (κ3) is 4.13. The third-order valence-electron chi connectivity index (χ3n) is 4.88. The molecule has 1 heterocycles. The number of hydrogen-bond acceptors (Lipinski definition) is 2. The standard InChI is InChI=1S/C22H26N2O2/c1-16(2)21(17-8-4-3-5-9-17)23-22(26)18-11-13-19(14-12-18)24-15-7-6-10-20(24)25/h3-5,8-9,11-14,16,21H,6-7,10,15H2,1-2H3,(H,23,26)/t21-/m1/s1. The lowest BCUT2D eigenvalue weighted by Gasteiger charge is -2.27. The second kappa shape index (κ2) is 8.17. The molecule has 136 valence electrons. The molecule has 0 spiro atoms. The molecule has 0 bridgehead atoms. The van der Waals surface area contributed by atoms with E-state index in [1.165, 1.54) is 0 Å². The fourth-order valence-electron chi connectivity index (χ4n) is 3.39. The highest BCUT2D eigenvalue weighted by Crippen LogP contribution is 2.24. The lowest BCUT2D eigenvalue weighted by Crippen LogP contribution is -2.35. The van der Waals surface area contributed by atoms with E-state index in [1.807, 2.05) is 47.4 Å². The van der Waals surface area contributed by atoms with E-state index in [1.54, 1.807) is 12.1 Å². The first kappa shape index (κ1) is 18.2. The van der Waals surface area contributed by atoms with Crippen LogP contribution in [0.3, 0.4) is 0 Å². The molecule has 2 amide bonds.